The fourth-order valence-electron chi connectivity index (χ4n) is 2.45. The van der Waals surface area contributed by atoms with E-state index in [1.54, 1.807) is 0 Å². The van der Waals surface area contributed by atoms with Crippen molar-refractivity contribution >= 4 is 23.0 Å². The third-order valence-electron chi connectivity index (χ3n) is 3.74. The van der Waals surface area contributed by atoms with Crippen LogP contribution in [0.2, 0.25) is 5.02 Å². The molecule has 0 atom stereocenters. The van der Waals surface area contributed by atoms with Crippen molar-refractivity contribution in [2.45, 2.75) is 6.61 Å². The van der Waals surface area contributed by atoms with Crippen molar-refractivity contribution in [2.24, 2.45) is 0 Å². The normalized spacial score (nSPS) is 10.3. The van der Waals surface area contributed by atoms with Crippen molar-refractivity contribution in [3.05, 3.63) is 89.4 Å². The van der Waals surface area contributed by atoms with E-state index >= 15 is 0 Å². The molecular weight excluding hydrogens is 332 g/mol. The van der Waals surface area contributed by atoms with Crippen LogP contribution in [0.15, 0.2) is 78.9 Å². The van der Waals surface area contributed by atoms with Crippen LogP contribution >= 0.6 is 11.6 Å². The maximum atomic E-state index is 5.95. The minimum absolute atomic E-state index is 0.558. The summed E-state index contributed by atoms with van der Waals surface area (Å²) in [5.41, 5.74) is 3.21. The van der Waals surface area contributed by atoms with Gasteiger partial charge in [0.2, 0.25) is 0 Å². The van der Waals surface area contributed by atoms with Crippen LogP contribution in [0.5, 0.6) is 5.75 Å². The number of hydrogen-bond acceptors (Lipinski definition) is 3. The van der Waals surface area contributed by atoms with Gasteiger partial charge in [-0.25, -0.2) is 0 Å². The molecule has 0 unspecified atom stereocenters. The van der Waals surface area contributed by atoms with Crippen molar-refractivity contribution in [2.75, 3.05) is 23.7 Å². The van der Waals surface area contributed by atoms with Gasteiger partial charge in [0.25, 0.3) is 0 Å². The Morgan fingerprint density at radius 3 is 2.20 bits per heavy atom. The van der Waals surface area contributed by atoms with Gasteiger partial charge in [0.05, 0.1) is 5.69 Å². The van der Waals surface area contributed by atoms with Crippen LogP contribution in [0, 0.1) is 0 Å². The Hall–Kier alpha value is -2.65. The monoisotopic (exact) mass is 352 g/mol. The summed E-state index contributed by atoms with van der Waals surface area (Å²) in [5, 5.41) is 7.52. The molecule has 0 fully saturated rings. The third-order valence-corrected chi connectivity index (χ3v) is 3.99. The minimum atomic E-state index is 0.558. The molecule has 3 aromatic carbocycles. The molecule has 0 aliphatic carbocycles. The number of nitrogens with one attached hydrogen (secondary N) is 2. The van der Waals surface area contributed by atoms with Crippen LogP contribution in [0.3, 0.4) is 0 Å². The average molecular weight is 353 g/mol. The van der Waals surface area contributed by atoms with E-state index in [4.69, 9.17) is 16.3 Å². The molecule has 0 aliphatic rings. The number of benzene rings is 3. The Balaban J connectivity index is 1.49. The van der Waals surface area contributed by atoms with E-state index in [0.29, 0.717) is 6.61 Å². The highest BCUT2D eigenvalue weighted by molar-refractivity contribution is 6.30. The number of halogens is 1. The second kappa shape index (κ2) is 9.00. The van der Waals surface area contributed by atoms with Gasteiger partial charge in [-0.3, -0.25) is 0 Å². The molecule has 0 bridgehead atoms. The topological polar surface area (TPSA) is 33.3 Å². The maximum Gasteiger partial charge on any atom is 0.142 e. The Morgan fingerprint density at radius 2 is 1.40 bits per heavy atom. The molecule has 3 nitrogen and oxygen atoms in total. The summed E-state index contributed by atoms with van der Waals surface area (Å²) in [6.45, 7) is 2.14. The fraction of sp³-hybridized carbons (Fsp3) is 0.143. The first kappa shape index (κ1) is 17.2. The van der Waals surface area contributed by atoms with Crippen LogP contribution in [0.4, 0.5) is 11.4 Å². The number of anilines is 2. The lowest BCUT2D eigenvalue weighted by atomic mass is 10.2. The van der Waals surface area contributed by atoms with E-state index in [-0.39, 0.29) is 0 Å². The van der Waals surface area contributed by atoms with Crippen molar-refractivity contribution in [1.29, 1.82) is 0 Å². The SMILES string of the molecule is Clc1ccc(NCCNc2ccccc2OCc2ccccc2)cc1. The molecule has 128 valence electrons. The van der Waals surface area contributed by atoms with Crippen molar-refractivity contribution in [3.63, 3.8) is 0 Å². The van der Waals surface area contributed by atoms with Gasteiger partial charge in [-0.15, -0.1) is 0 Å². The fourth-order valence-corrected chi connectivity index (χ4v) is 2.57. The Kier molecular flexibility index (Phi) is 6.18. The lowest BCUT2D eigenvalue weighted by Crippen LogP contribution is -2.14. The van der Waals surface area contributed by atoms with Gasteiger partial charge < -0.3 is 15.4 Å². The van der Waals surface area contributed by atoms with Crippen molar-refractivity contribution < 1.29 is 4.74 Å². The number of rotatable bonds is 8. The highest BCUT2D eigenvalue weighted by Crippen LogP contribution is 2.24. The summed E-state index contributed by atoms with van der Waals surface area (Å²) >= 11 is 5.89. The first-order valence-corrected chi connectivity index (χ1v) is 8.68. The van der Waals surface area contributed by atoms with E-state index in [1.807, 2.05) is 66.7 Å². The molecular formula is C21H21ClN2O. The molecule has 0 radical (unpaired) electrons. The molecule has 0 aromatic heterocycles. The smallest absolute Gasteiger partial charge is 0.142 e. The standard InChI is InChI=1S/C21H21ClN2O/c22-18-10-12-19(13-11-18)23-14-15-24-20-8-4-5-9-21(20)25-16-17-6-2-1-3-7-17/h1-13,23-24H,14-16H2. The van der Waals surface area contributed by atoms with Gasteiger partial charge in [0.15, 0.2) is 0 Å². The molecule has 25 heavy (non-hydrogen) atoms. The van der Waals surface area contributed by atoms with Gasteiger partial charge in [0.1, 0.15) is 12.4 Å². The Bertz CT molecular complexity index is 775. The van der Waals surface area contributed by atoms with E-state index in [1.165, 1.54) is 0 Å². The quantitative estimate of drug-likeness (QED) is 0.529. The summed E-state index contributed by atoms with van der Waals surface area (Å²) in [6.07, 6.45) is 0. The molecule has 0 amide bonds. The summed E-state index contributed by atoms with van der Waals surface area (Å²) in [5.74, 6) is 0.859. The Morgan fingerprint density at radius 1 is 0.720 bits per heavy atom. The maximum absolute atomic E-state index is 5.95. The van der Waals surface area contributed by atoms with Gasteiger partial charge in [-0.1, -0.05) is 54.1 Å². The zero-order valence-electron chi connectivity index (χ0n) is 13.9. The summed E-state index contributed by atoms with van der Waals surface area (Å²) in [7, 11) is 0. The minimum Gasteiger partial charge on any atom is -0.487 e. The van der Waals surface area contributed by atoms with Gasteiger partial charge >= 0.3 is 0 Å². The lowest BCUT2D eigenvalue weighted by molar-refractivity contribution is 0.307. The van der Waals surface area contributed by atoms with Crippen LogP contribution in [0.1, 0.15) is 5.56 Å². The van der Waals surface area contributed by atoms with Gasteiger partial charge in [-0.05, 0) is 42.0 Å². The second-order valence-corrected chi connectivity index (χ2v) is 6.07. The zero-order chi connectivity index (χ0) is 17.3. The van der Waals surface area contributed by atoms with Gasteiger partial charge in [0, 0.05) is 23.8 Å². The van der Waals surface area contributed by atoms with Crippen LogP contribution in [-0.4, -0.2) is 13.1 Å². The largest absolute Gasteiger partial charge is 0.487 e. The molecule has 0 saturated heterocycles. The average Bonchev–Trinajstić information content (AvgIpc) is 2.66. The third kappa shape index (κ3) is 5.44. The van der Waals surface area contributed by atoms with Crippen LogP contribution in [0.25, 0.3) is 0 Å². The van der Waals surface area contributed by atoms with E-state index in [0.717, 1.165) is 40.8 Å². The zero-order valence-corrected chi connectivity index (χ0v) is 14.7. The highest BCUT2D eigenvalue weighted by atomic mass is 35.5. The summed E-state index contributed by atoms with van der Waals surface area (Å²) in [4.78, 5) is 0. The van der Waals surface area contributed by atoms with Crippen LogP contribution in [-0.2, 0) is 6.61 Å². The molecule has 4 heteroatoms. The Labute approximate surface area is 153 Å². The van der Waals surface area contributed by atoms with Crippen LogP contribution < -0.4 is 15.4 Å². The molecule has 2 N–H and O–H groups in total. The predicted molar refractivity (Wildman–Crippen MR) is 106 cm³/mol. The second-order valence-electron chi connectivity index (χ2n) is 5.63. The molecule has 3 rings (SSSR count). The molecule has 0 spiro atoms. The van der Waals surface area contributed by atoms with E-state index < -0.39 is 0 Å². The summed E-state index contributed by atoms with van der Waals surface area (Å²) in [6, 6.07) is 25.9. The first-order chi connectivity index (χ1) is 12.3. The van der Waals surface area contributed by atoms with E-state index in [9.17, 15) is 0 Å². The molecule has 0 saturated carbocycles. The van der Waals surface area contributed by atoms with Crippen molar-refractivity contribution in [1.82, 2.24) is 0 Å². The lowest BCUT2D eigenvalue weighted by Gasteiger charge is -2.14. The molecule has 0 heterocycles. The van der Waals surface area contributed by atoms with Crippen molar-refractivity contribution in [3.8, 4) is 5.75 Å². The highest BCUT2D eigenvalue weighted by Gasteiger charge is 2.03. The molecule has 0 aliphatic heterocycles. The summed E-state index contributed by atoms with van der Waals surface area (Å²) < 4.78 is 5.95. The first-order valence-electron chi connectivity index (χ1n) is 8.30. The predicted octanol–water partition coefficient (Wildman–Crippen LogP) is 5.44. The van der Waals surface area contributed by atoms with Gasteiger partial charge in [-0.2, -0.15) is 0 Å². The number of hydrogen-bond donors (Lipinski definition) is 2. The number of para-hydroxylation sites is 2. The molecule has 3 aromatic rings. The number of ether oxygens (including phenoxy) is 1. The van der Waals surface area contributed by atoms with E-state index in [2.05, 4.69) is 22.8 Å².